The van der Waals surface area contributed by atoms with Crippen LogP contribution in [0.4, 0.5) is 10.2 Å². The monoisotopic (exact) mass is 317 g/mol. The van der Waals surface area contributed by atoms with Crippen LogP contribution in [0.5, 0.6) is 0 Å². The van der Waals surface area contributed by atoms with Gasteiger partial charge in [-0.25, -0.2) is 9.37 Å². The highest BCUT2D eigenvalue weighted by Crippen LogP contribution is 2.29. The molecule has 0 bridgehead atoms. The molecule has 122 valence electrons. The van der Waals surface area contributed by atoms with Crippen LogP contribution in [0.1, 0.15) is 19.8 Å². The Kier molecular flexibility index (Phi) is 4.43. The van der Waals surface area contributed by atoms with Crippen molar-refractivity contribution >= 4 is 11.7 Å². The lowest BCUT2D eigenvalue weighted by atomic mass is 10.1. The number of nitrogens with one attached hydrogen (secondary N) is 1. The van der Waals surface area contributed by atoms with Crippen molar-refractivity contribution in [1.29, 1.82) is 0 Å². The average molecular weight is 317 g/mol. The number of halogens is 1. The minimum Gasteiger partial charge on any atom is -0.368 e. The standard InChI is InChI=1S/C17H20FN3O2/c1-11(23-9-12-3-4-12)17(22)20-16-15(19-10-21(16)2)13-5-7-14(18)8-6-13/h5-8,10-12H,3-4,9H2,1-2H3,(H,20,22). The molecule has 2 aromatic rings. The summed E-state index contributed by atoms with van der Waals surface area (Å²) in [6, 6.07) is 6.02. The number of ether oxygens (including phenoxy) is 1. The fraction of sp³-hybridized carbons (Fsp3) is 0.412. The quantitative estimate of drug-likeness (QED) is 0.891. The van der Waals surface area contributed by atoms with Gasteiger partial charge < -0.3 is 14.6 Å². The van der Waals surface area contributed by atoms with E-state index in [1.165, 1.54) is 25.0 Å². The van der Waals surface area contributed by atoms with Gasteiger partial charge in [0.25, 0.3) is 5.91 Å². The van der Waals surface area contributed by atoms with Crippen LogP contribution in [0.3, 0.4) is 0 Å². The maximum atomic E-state index is 13.1. The molecule has 1 fully saturated rings. The second kappa shape index (κ2) is 6.50. The molecule has 1 amide bonds. The molecular weight excluding hydrogens is 297 g/mol. The van der Waals surface area contributed by atoms with Gasteiger partial charge in [0.15, 0.2) is 0 Å². The molecule has 1 N–H and O–H groups in total. The van der Waals surface area contributed by atoms with E-state index >= 15 is 0 Å². The normalized spacial score (nSPS) is 15.4. The van der Waals surface area contributed by atoms with Gasteiger partial charge in [-0.15, -0.1) is 0 Å². The van der Waals surface area contributed by atoms with Crippen molar-refractivity contribution in [2.45, 2.75) is 25.9 Å². The molecule has 1 aromatic carbocycles. The molecule has 1 saturated carbocycles. The maximum Gasteiger partial charge on any atom is 0.254 e. The van der Waals surface area contributed by atoms with E-state index in [1.54, 1.807) is 37.0 Å². The zero-order valence-corrected chi connectivity index (χ0v) is 13.3. The highest BCUT2D eigenvalue weighted by atomic mass is 19.1. The van der Waals surface area contributed by atoms with Crippen molar-refractivity contribution in [3.8, 4) is 11.3 Å². The van der Waals surface area contributed by atoms with Crippen LogP contribution in [0.25, 0.3) is 11.3 Å². The number of nitrogens with zero attached hydrogens (tertiary/aromatic N) is 2. The molecule has 0 radical (unpaired) electrons. The number of benzene rings is 1. The summed E-state index contributed by atoms with van der Waals surface area (Å²) < 4.78 is 20.4. The summed E-state index contributed by atoms with van der Waals surface area (Å²) in [7, 11) is 1.80. The van der Waals surface area contributed by atoms with Gasteiger partial charge in [-0.1, -0.05) is 0 Å². The smallest absolute Gasteiger partial charge is 0.254 e. The summed E-state index contributed by atoms with van der Waals surface area (Å²) in [5, 5.41) is 2.86. The number of aryl methyl sites for hydroxylation is 1. The summed E-state index contributed by atoms with van der Waals surface area (Å²) in [6.45, 7) is 2.37. The van der Waals surface area contributed by atoms with Crippen LogP contribution < -0.4 is 5.32 Å². The second-order valence-electron chi connectivity index (χ2n) is 5.97. The van der Waals surface area contributed by atoms with Gasteiger partial charge in [-0.3, -0.25) is 4.79 Å². The molecule has 1 aromatic heterocycles. The first-order valence-corrected chi connectivity index (χ1v) is 7.74. The number of hydrogen-bond donors (Lipinski definition) is 1. The molecule has 1 heterocycles. The van der Waals surface area contributed by atoms with Gasteiger partial charge in [0.1, 0.15) is 23.4 Å². The van der Waals surface area contributed by atoms with E-state index < -0.39 is 6.10 Å². The van der Waals surface area contributed by atoms with E-state index in [9.17, 15) is 9.18 Å². The van der Waals surface area contributed by atoms with Crippen molar-refractivity contribution in [2.24, 2.45) is 13.0 Å². The van der Waals surface area contributed by atoms with Crippen LogP contribution >= 0.6 is 0 Å². The topological polar surface area (TPSA) is 56.1 Å². The lowest BCUT2D eigenvalue weighted by Crippen LogP contribution is -2.29. The minimum absolute atomic E-state index is 0.211. The predicted molar refractivity (Wildman–Crippen MR) is 85.4 cm³/mol. The van der Waals surface area contributed by atoms with E-state index in [4.69, 9.17) is 4.74 Å². The SMILES string of the molecule is CC(OCC1CC1)C(=O)Nc1c(-c2ccc(F)cc2)ncn1C. The molecule has 1 atom stereocenters. The Labute approximate surface area is 134 Å². The first-order valence-electron chi connectivity index (χ1n) is 7.74. The Morgan fingerprint density at radius 1 is 1.43 bits per heavy atom. The number of rotatable bonds is 6. The number of carbonyl (C=O) groups is 1. The molecular formula is C17H20FN3O2. The van der Waals surface area contributed by atoms with Crippen molar-refractivity contribution < 1.29 is 13.9 Å². The van der Waals surface area contributed by atoms with Crippen LogP contribution in [-0.4, -0.2) is 28.2 Å². The zero-order chi connectivity index (χ0) is 16.4. The highest BCUT2D eigenvalue weighted by Gasteiger charge is 2.25. The molecule has 3 rings (SSSR count). The number of aromatic nitrogens is 2. The third kappa shape index (κ3) is 3.76. The molecule has 1 aliphatic carbocycles. The largest absolute Gasteiger partial charge is 0.368 e. The molecule has 5 nitrogen and oxygen atoms in total. The zero-order valence-electron chi connectivity index (χ0n) is 13.3. The van der Waals surface area contributed by atoms with Crippen LogP contribution in [0, 0.1) is 11.7 Å². The van der Waals surface area contributed by atoms with Gasteiger partial charge in [0.2, 0.25) is 0 Å². The third-order valence-electron chi connectivity index (χ3n) is 3.94. The van der Waals surface area contributed by atoms with Crippen LogP contribution in [0.2, 0.25) is 0 Å². The van der Waals surface area contributed by atoms with Gasteiger partial charge in [0.05, 0.1) is 12.9 Å². The number of carbonyl (C=O) groups excluding carboxylic acids is 1. The first kappa shape index (κ1) is 15.7. The molecule has 23 heavy (non-hydrogen) atoms. The average Bonchev–Trinajstić information content (AvgIpc) is 3.30. The predicted octanol–water partition coefficient (Wildman–Crippen LogP) is 2.98. The highest BCUT2D eigenvalue weighted by molar-refractivity contribution is 5.96. The first-order chi connectivity index (χ1) is 11.0. The number of imidazole rings is 1. The molecule has 0 spiro atoms. The summed E-state index contributed by atoms with van der Waals surface area (Å²) in [5.74, 6) is 0.662. The van der Waals surface area contributed by atoms with Crippen molar-refractivity contribution in [2.75, 3.05) is 11.9 Å². The van der Waals surface area contributed by atoms with E-state index in [-0.39, 0.29) is 11.7 Å². The van der Waals surface area contributed by atoms with Gasteiger partial charge >= 0.3 is 0 Å². The third-order valence-corrected chi connectivity index (χ3v) is 3.94. The summed E-state index contributed by atoms with van der Waals surface area (Å²) in [4.78, 5) is 16.6. The Balaban J connectivity index is 1.72. The molecule has 1 unspecified atom stereocenters. The van der Waals surface area contributed by atoms with E-state index in [0.29, 0.717) is 24.0 Å². The van der Waals surface area contributed by atoms with Crippen molar-refractivity contribution in [1.82, 2.24) is 9.55 Å². The van der Waals surface area contributed by atoms with Gasteiger partial charge in [-0.05, 0) is 49.9 Å². The van der Waals surface area contributed by atoms with Crippen LogP contribution in [-0.2, 0) is 16.6 Å². The summed E-state index contributed by atoms with van der Waals surface area (Å²) >= 11 is 0. The number of amides is 1. The Morgan fingerprint density at radius 2 is 2.13 bits per heavy atom. The Hall–Kier alpha value is -2.21. The van der Waals surface area contributed by atoms with Gasteiger partial charge in [-0.2, -0.15) is 0 Å². The van der Waals surface area contributed by atoms with Crippen LogP contribution in [0.15, 0.2) is 30.6 Å². The van der Waals surface area contributed by atoms with E-state index in [1.807, 2.05) is 0 Å². The minimum atomic E-state index is -0.522. The fourth-order valence-corrected chi connectivity index (χ4v) is 2.26. The Bertz CT molecular complexity index is 692. The number of hydrogen-bond acceptors (Lipinski definition) is 3. The fourth-order valence-electron chi connectivity index (χ4n) is 2.26. The summed E-state index contributed by atoms with van der Waals surface area (Å²) in [6.07, 6.45) is 3.46. The molecule has 6 heteroatoms. The lowest BCUT2D eigenvalue weighted by molar-refractivity contribution is -0.126. The molecule has 0 aliphatic heterocycles. The second-order valence-corrected chi connectivity index (χ2v) is 5.97. The molecule has 0 saturated heterocycles. The van der Waals surface area contributed by atoms with Gasteiger partial charge in [0, 0.05) is 12.6 Å². The molecule has 1 aliphatic rings. The van der Waals surface area contributed by atoms with E-state index in [0.717, 1.165) is 5.56 Å². The Morgan fingerprint density at radius 3 is 2.78 bits per heavy atom. The van der Waals surface area contributed by atoms with E-state index in [2.05, 4.69) is 10.3 Å². The lowest BCUT2D eigenvalue weighted by Gasteiger charge is -2.14. The van der Waals surface area contributed by atoms with Crippen molar-refractivity contribution in [3.63, 3.8) is 0 Å². The summed E-state index contributed by atoms with van der Waals surface area (Å²) in [5.41, 5.74) is 1.35. The number of anilines is 1. The van der Waals surface area contributed by atoms with Crippen molar-refractivity contribution in [3.05, 3.63) is 36.4 Å². The maximum absolute atomic E-state index is 13.1.